The van der Waals surface area contributed by atoms with E-state index in [0.717, 1.165) is 18.2 Å². The predicted octanol–water partition coefficient (Wildman–Crippen LogP) is 5.62. The summed E-state index contributed by atoms with van der Waals surface area (Å²) in [5.41, 5.74) is 1.18. The van der Waals surface area contributed by atoms with Crippen LogP contribution in [0, 0.1) is 30.2 Å². The highest BCUT2D eigenvalue weighted by molar-refractivity contribution is 6.05. The second-order valence-electron chi connectivity index (χ2n) is 6.63. The second-order valence-corrected chi connectivity index (χ2v) is 6.63. The van der Waals surface area contributed by atoms with Crippen molar-refractivity contribution in [2.75, 3.05) is 12.4 Å². The molecule has 9 heteroatoms. The maximum atomic E-state index is 14.2. The van der Waals surface area contributed by atoms with Crippen LogP contribution in [0.1, 0.15) is 15.9 Å². The van der Waals surface area contributed by atoms with Crippen molar-refractivity contribution >= 4 is 22.7 Å². The Hall–Kier alpha value is -3.88. The van der Waals surface area contributed by atoms with Gasteiger partial charge in [0.05, 0.1) is 7.11 Å². The number of aromatic nitrogens is 1. The van der Waals surface area contributed by atoms with Crippen molar-refractivity contribution in [3.05, 3.63) is 76.9 Å². The van der Waals surface area contributed by atoms with Crippen LogP contribution in [0.25, 0.3) is 22.6 Å². The van der Waals surface area contributed by atoms with Crippen molar-refractivity contribution in [2.24, 2.45) is 0 Å². The van der Waals surface area contributed by atoms with Gasteiger partial charge in [0, 0.05) is 11.3 Å². The van der Waals surface area contributed by atoms with Crippen molar-refractivity contribution in [1.29, 1.82) is 0 Å². The number of ether oxygens (including phenoxy) is 1. The Morgan fingerprint density at radius 3 is 2.32 bits per heavy atom. The molecular formula is C22H14F4N2O3. The van der Waals surface area contributed by atoms with E-state index in [1.165, 1.54) is 18.2 Å². The van der Waals surface area contributed by atoms with Crippen LogP contribution < -0.4 is 10.1 Å². The SMILES string of the molecule is COc1c(F)c(F)c(C(=O)Nc2ccc3oc(-c4ccccc4C)nc3c2)c(F)c1F. The molecule has 0 saturated carbocycles. The lowest BCUT2D eigenvalue weighted by Crippen LogP contribution is -2.18. The van der Waals surface area contributed by atoms with E-state index in [-0.39, 0.29) is 5.69 Å². The second kappa shape index (κ2) is 7.75. The third-order valence-electron chi connectivity index (χ3n) is 4.68. The number of hydrogen-bond acceptors (Lipinski definition) is 4. The molecular weight excluding hydrogens is 416 g/mol. The average Bonchev–Trinajstić information content (AvgIpc) is 3.16. The third kappa shape index (κ3) is 3.48. The number of methoxy groups -OCH3 is 1. The molecule has 158 valence electrons. The Balaban J connectivity index is 1.68. The van der Waals surface area contributed by atoms with Crippen molar-refractivity contribution in [3.63, 3.8) is 0 Å². The summed E-state index contributed by atoms with van der Waals surface area (Å²) in [6.45, 7) is 1.89. The van der Waals surface area contributed by atoms with Gasteiger partial charge in [-0.1, -0.05) is 18.2 Å². The molecule has 1 aromatic heterocycles. The number of anilines is 1. The number of carbonyl (C=O) groups is 1. The van der Waals surface area contributed by atoms with Gasteiger partial charge in [-0.3, -0.25) is 4.79 Å². The molecule has 4 aromatic rings. The number of rotatable bonds is 4. The van der Waals surface area contributed by atoms with Crippen LogP contribution >= 0.6 is 0 Å². The molecule has 0 aliphatic rings. The van der Waals surface area contributed by atoms with Gasteiger partial charge in [-0.2, -0.15) is 8.78 Å². The molecule has 0 saturated heterocycles. The quantitative estimate of drug-likeness (QED) is 0.337. The summed E-state index contributed by atoms with van der Waals surface area (Å²) in [5, 5.41) is 2.21. The van der Waals surface area contributed by atoms with E-state index in [4.69, 9.17) is 4.42 Å². The molecule has 0 aliphatic carbocycles. The van der Waals surface area contributed by atoms with E-state index in [1.54, 1.807) is 0 Å². The summed E-state index contributed by atoms with van der Waals surface area (Å²) in [4.78, 5) is 16.7. The van der Waals surface area contributed by atoms with Gasteiger partial charge in [0.15, 0.2) is 23.0 Å². The van der Waals surface area contributed by atoms with E-state index < -0.39 is 40.5 Å². The van der Waals surface area contributed by atoms with Gasteiger partial charge in [-0.15, -0.1) is 0 Å². The molecule has 5 nitrogen and oxygen atoms in total. The van der Waals surface area contributed by atoms with Crippen LogP contribution in [0.4, 0.5) is 23.2 Å². The Bertz CT molecular complexity index is 1310. The standard InChI is InChI=1S/C22H14F4N2O3/c1-10-5-3-4-6-12(10)22-28-13-9-11(7-8-14(13)31-22)27-21(29)15-16(23)18(25)20(30-2)19(26)17(15)24/h3-9H,1-2H3,(H,27,29). The summed E-state index contributed by atoms with van der Waals surface area (Å²) in [6.07, 6.45) is 0. The fourth-order valence-electron chi connectivity index (χ4n) is 3.12. The van der Waals surface area contributed by atoms with Gasteiger partial charge in [-0.25, -0.2) is 13.8 Å². The van der Waals surface area contributed by atoms with Crippen LogP contribution in [0.2, 0.25) is 0 Å². The lowest BCUT2D eigenvalue weighted by atomic mass is 10.1. The minimum atomic E-state index is -1.86. The first-order valence-electron chi connectivity index (χ1n) is 8.99. The van der Waals surface area contributed by atoms with Crippen LogP contribution in [0.15, 0.2) is 46.9 Å². The number of benzene rings is 3. The first-order valence-corrected chi connectivity index (χ1v) is 8.99. The van der Waals surface area contributed by atoms with Crippen molar-refractivity contribution < 1.29 is 31.5 Å². The Labute approximate surface area is 173 Å². The summed E-state index contributed by atoms with van der Waals surface area (Å²) in [6, 6.07) is 11.7. The van der Waals surface area contributed by atoms with Gasteiger partial charge in [-0.05, 0) is 36.8 Å². The molecule has 3 aromatic carbocycles. The minimum absolute atomic E-state index is 0.0950. The molecule has 0 unspecified atom stereocenters. The smallest absolute Gasteiger partial charge is 0.261 e. The maximum absolute atomic E-state index is 14.2. The topological polar surface area (TPSA) is 64.4 Å². The van der Waals surface area contributed by atoms with Crippen LogP contribution in [0.3, 0.4) is 0 Å². The number of hydrogen-bond donors (Lipinski definition) is 1. The largest absolute Gasteiger partial charge is 0.491 e. The maximum Gasteiger partial charge on any atom is 0.261 e. The molecule has 0 fully saturated rings. The molecule has 0 aliphatic heterocycles. The zero-order valence-electron chi connectivity index (χ0n) is 16.2. The summed E-state index contributed by atoms with van der Waals surface area (Å²) < 4.78 is 66.2. The summed E-state index contributed by atoms with van der Waals surface area (Å²) >= 11 is 0. The molecule has 0 atom stereocenters. The number of nitrogens with zero attached hydrogens (tertiary/aromatic N) is 1. The molecule has 0 radical (unpaired) electrons. The van der Waals surface area contributed by atoms with E-state index in [9.17, 15) is 22.4 Å². The van der Waals surface area contributed by atoms with E-state index in [1.807, 2.05) is 31.2 Å². The van der Waals surface area contributed by atoms with Gasteiger partial charge < -0.3 is 14.5 Å². The molecule has 4 rings (SSSR count). The Kier molecular flexibility index (Phi) is 5.10. The lowest BCUT2D eigenvalue weighted by Gasteiger charge is -2.11. The first kappa shape index (κ1) is 20.4. The minimum Gasteiger partial charge on any atom is -0.491 e. The van der Waals surface area contributed by atoms with Crippen LogP contribution in [-0.2, 0) is 0 Å². The molecule has 1 heterocycles. The number of nitrogens with one attached hydrogen (secondary N) is 1. The number of oxazole rings is 1. The zero-order chi connectivity index (χ0) is 22.3. The number of amides is 1. The van der Waals surface area contributed by atoms with Crippen molar-refractivity contribution in [1.82, 2.24) is 4.98 Å². The summed E-state index contributed by atoms with van der Waals surface area (Å²) in [7, 11) is 0.846. The number of fused-ring (bicyclic) bond motifs is 1. The third-order valence-corrected chi connectivity index (χ3v) is 4.68. The van der Waals surface area contributed by atoms with Crippen molar-refractivity contribution in [2.45, 2.75) is 6.92 Å². The normalized spacial score (nSPS) is 11.0. The fraction of sp³-hybridized carbons (Fsp3) is 0.0909. The Morgan fingerprint density at radius 2 is 1.68 bits per heavy atom. The highest BCUT2D eigenvalue weighted by Gasteiger charge is 2.30. The molecule has 1 N–H and O–H groups in total. The van der Waals surface area contributed by atoms with Crippen LogP contribution in [-0.4, -0.2) is 18.0 Å². The Morgan fingerprint density at radius 1 is 1.00 bits per heavy atom. The molecule has 0 spiro atoms. The van der Waals surface area contributed by atoms with Crippen molar-refractivity contribution in [3.8, 4) is 17.2 Å². The highest BCUT2D eigenvalue weighted by atomic mass is 19.2. The fourth-order valence-corrected chi connectivity index (χ4v) is 3.12. The lowest BCUT2D eigenvalue weighted by molar-refractivity contribution is 0.101. The van der Waals surface area contributed by atoms with E-state index in [0.29, 0.717) is 17.0 Å². The monoisotopic (exact) mass is 430 g/mol. The van der Waals surface area contributed by atoms with E-state index in [2.05, 4.69) is 15.0 Å². The number of halogens is 4. The van der Waals surface area contributed by atoms with Gasteiger partial charge in [0.2, 0.25) is 17.5 Å². The van der Waals surface area contributed by atoms with Gasteiger partial charge in [0.25, 0.3) is 5.91 Å². The van der Waals surface area contributed by atoms with Gasteiger partial charge >= 0.3 is 0 Å². The van der Waals surface area contributed by atoms with Crippen LogP contribution in [0.5, 0.6) is 5.75 Å². The molecule has 0 bridgehead atoms. The predicted molar refractivity (Wildman–Crippen MR) is 105 cm³/mol. The summed E-state index contributed by atoms with van der Waals surface area (Å²) in [5.74, 6) is -9.61. The van der Waals surface area contributed by atoms with Gasteiger partial charge in [0.1, 0.15) is 11.1 Å². The molecule has 1 amide bonds. The average molecular weight is 430 g/mol. The molecule has 31 heavy (non-hydrogen) atoms. The first-order chi connectivity index (χ1) is 14.8. The number of aryl methyl sites for hydroxylation is 1. The zero-order valence-corrected chi connectivity index (χ0v) is 16.2. The highest BCUT2D eigenvalue weighted by Crippen LogP contribution is 2.31. The van der Waals surface area contributed by atoms with E-state index >= 15 is 0 Å². The number of carbonyl (C=O) groups excluding carboxylic acids is 1.